The molecule has 1 fully saturated rings. The van der Waals surface area contributed by atoms with Crippen LogP contribution in [0.5, 0.6) is 11.5 Å². The fraction of sp³-hybridized carbons (Fsp3) is 0.414. The van der Waals surface area contributed by atoms with Gasteiger partial charge >= 0.3 is 0 Å². The highest BCUT2D eigenvalue weighted by Gasteiger charge is 2.46. The van der Waals surface area contributed by atoms with E-state index in [4.69, 9.17) is 21.1 Å². The SMILES string of the molecule is CC(C)[C@H](C(=O)N1CCC2(CC1)Oc1ccc(C#CC(=O)NCCCC=O)cc1O2)c1ccc(Cl)cc1. The first kappa shape index (κ1) is 26.6. The summed E-state index contributed by atoms with van der Waals surface area (Å²) in [6.45, 7) is 5.58. The number of aldehydes is 1. The van der Waals surface area contributed by atoms with Crippen molar-refractivity contribution in [1.82, 2.24) is 10.2 Å². The first-order chi connectivity index (χ1) is 17.8. The van der Waals surface area contributed by atoms with Gasteiger partial charge in [0, 0.05) is 55.4 Å². The number of hydrogen-bond acceptors (Lipinski definition) is 5. The number of likely N-dealkylation sites (tertiary alicyclic amines) is 1. The Hall–Kier alpha value is -3.50. The van der Waals surface area contributed by atoms with Gasteiger partial charge in [0.25, 0.3) is 11.7 Å². The predicted octanol–water partition coefficient (Wildman–Crippen LogP) is 4.32. The number of rotatable bonds is 7. The molecule has 194 valence electrons. The van der Waals surface area contributed by atoms with E-state index in [1.165, 1.54) is 0 Å². The number of piperidine rings is 1. The van der Waals surface area contributed by atoms with Gasteiger partial charge in [-0.05, 0) is 48.2 Å². The molecule has 4 rings (SSSR count). The molecule has 37 heavy (non-hydrogen) atoms. The maximum absolute atomic E-state index is 13.5. The van der Waals surface area contributed by atoms with Crippen molar-refractivity contribution in [3.63, 3.8) is 0 Å². The van der Waals surface area contributed by atoms with E-state index in [1.54, 1.807) is 18.2 Å². The number of carbonyl (C=O) groups excluding carboxylic acids is 3. The second-order valence-electron chi connectivity index (χ2n) is 9.69. The monoisotopic (exact) mass is 522 g/mol. The normalized spacial score (nSPS) is 16.2. The topological polar surface area (TPSA) is 84.9 Å². The highest BCUT2D eigenvalue weighted by Crippen LogP contribution is 2.44. The number of hydrogen-bond donors (Lipinski definition) is 1. The molecule has 0 aliphatic carbocycles. The van der Waals surface area contributed by atoms with Crippen molar-refractivity contribution in [2.75, 3.05) is 19.6 Å². The number of amides is 2. The molecule has 2 aliphatic rings. The van der Waals surface area contributed by atoms with Crippen LogP contribution in [0.2, 0.25) is 5.02 Å². The van der Waals surface area contributed by atoms with Crippen molar-refractivity contribution in [1.29, 1.82) is 0 Å². The number of carbonyl (C=O) groups is 3. The Labute approximate surface area is 222 Å². The largest absolute Gasteiger partial charge is 0.448 e. The van der Waals surface area contributed by atoms with Crippen molar-refractivity contribution < 1.29 is 23.9 Å². The van der Waals surface area contributed by atoms with Gasteiger partial charge in [-0.2, -0.15) is 0 Å². The number of unbranched alkanes of at least 4 members (excludes halogenated alkanes) is 1. The average Bonchev–Trinajstić information content (AvgIpc) is 3.23. The molecule has 1 saturated heterocycles. The molecule has 0 unspecified atom stereocenters. The molecule has 0 radical (unpaired) electrons. The summed E-state index contributed by atoms with van der Waals surface area (Å²) in [6, 6.07) is 12.8. The lowest BCUT2D eigenvalue weighted by Crippen LogP contribution is -2.52. The van der Waals surface area contributed by atoms with Gasteiger partial charge in [0.1, 0.15) is 6.29 Å². The summed E-state index contributed by atoms with van der Waals surface area (Å²) >= 11 is 6.04. The minimum atomic E-state index is -0.811. The fourth-order valence-corrected chi connectivity index (χ4v) is 4.81. The molecule has 2 amide bonds. The zero-order valence-electron chi connectivity index (χ0n) is 21.1. The Bertz CT molecular complexity index is 1210. The summed E-state index contributed by atoms with van der Waals surface area (Å²) in [7, 11) is 0. The van der Waals surface area contributed by atoms with Crippen LogP contribution in [-0.4, -0.2) is 48.4 Å². The van der Waals surface area contributed by atoms with Crippen LogP contribution in [0.15, 0.2) is 42.5 Å². The van der Waals surface area contributed by atoms with Crippen molar-refractivity contribution in [3.8, 4) is 23.3 Å². The first-order valence-electron chi connectivity index (χ1n) is 12.6. The van der Waals surface area contributed by atoms with Crippen LogP contribution in [0.25, 0.3) is 0 Å². The van der Waals surface area contributed by atoms with E-state index < -0.39 is 11.7 Å². The molecule has 1 spiro atoms. The maximum Gasteiger partial charge on any atom is 0.296 e. The van der Waals surface area contributed by atoms with Crippen molar-refractivity contribution in [2.45, 2.75) is 51.2 Å². The summed E-state index contributed by atoms with van der Waals surface area (Å²) in [5, 5.41) is 3.31. The molecule has 7 nitrogen and oxygen atoms in total. The van der Waals surface area contributed by atoms with Crippen molar-refractivity contribution in [3.05, 3.63) is 58.6 Å². The first-order valence-corrected chi connectivity index (χ1v) is 13.0. The van der Waals surface area contributed by atoms with Gasteiger partial charge in [-0.1, -0.05) is 43.5 Å². The van der Waals surface area contributed by atoms with Gasteiger partial charge in [0.15, 0.2) is 11.5 Å². The number of nitrogens with one attached hydrogen (secondary N) is 1. The number of benzene rings is 2. The van der Waals surface area contributed by atoms with E-state index in [-0.39, 0.29) is 17.7 Å². The second-order valence-corrected chi connectivity index (χ2v) is 10.1. The zero-order valence-corrected chi connectivity index (χ0v) is 21.8. The maximum atomic E-state index is 13.5. The molecule has 2 aliphatic heterocycles. The Balaban J connectivity index is 1.36. The molecule has 1 atom stereocenters. The van der Waals surface area contributed by atoms with Crippen LogP contribution >= 0.6 is 11.6 Å². The van der Waals surface area contributed by atoms with Gasteiger partial charge in [0.2, 0.25) is 5.91 Å². The zero-order chi connectivity index (χ0) is 26.4. The molecular formula is C29H31ClN2O5. The van der Waals surface area contributed by atoms with Crippen LogP contribution in [-0.2, 0) is 14.4 Å². The highest BCUT2D eigenvalue weighted by atomic mass is 35.5. The Morgan fingerprint density at radius 1 is 1.11 bits per heavy atom. The minimum absolute atomic E-state index is 0.102. The van der Waals surface area contributed by atoms with Gasteiger partial charge in [-0.3, -0.25) is 9.59 Å². The van der Waals surface area contributed by atoms with Gasteiger partial charge in [-0.25, -0.2) is 0 Å². The van der Waals surface area contributed by atoms with Gasteiger partial charge < -0.3 is 24.5 Å². The summed E-state index contributed by atoms with van der Waals surface area (Å²) in [4.78, 5) is 37.6. The lowest BCUT2D eigenvalue weighted by atomic mass is 9.86. The van der Waals surface area contributed by atoms with Crippen LogP contribution in [0.3, 0.4) is 0 Å². The third-order valence-corrected chi connectivity index (χ3v) is 6.89. The Morgan fingerprint density at radius 2 is 1.81 bits per heavy atom. The van der Waals surface area contributed by atoms with E-state index in [9.17, 15) is 14.4 Å². The van der Waals surface area contributed by atoms with Gasteiger partial charge in [-0.15, -0.1) is 0 Å². The minimum Gasteiger partial charge on any atom is -0.448 e. The molecule has 0 aromatic heterocycles. The van der Waals surface area contributed by atoms with E-state index >= 15 is 0 Å². The molecule has 2 heterocycles. The predicted molar refractivity (Wildman–Crippen MR) is 140 cm³/mol. The number of halogens is 1. The fourth-order valence-electron chi connectivity index (χ4n) is 4.68. The van der Waals surface area contributed by atoms with E-state index in [0.717, 1.165) is 11.8 Å². The average molecular weight is 523 g/mol. The summed E-state index contributed by atoms with van der Waals surface area (Å²) < 4.78 is 12.4. The summed E-state index contributed by atoms with van der Waals surface area (Å²) in [5.41, 5.74) is 1.60. The number of nitrogens with zero attached hydrogens (tertiary/aromatic N) is 1. The lowest BCUT2D eigenvalue weighted by Gasteiger charge is -2.39. The third-order valence-electron chi connectivity index (χ3n) is 6.64. The molecule has 2 aromatic rings. The third kappa shape index (κ3) is 6.44. The van der Waals surface area contributed by atoms with E-state index in [1.807, 2.05) is 29.2 Å². The molecule has 8 heteroatoms. The van der Waals surface area contributed by atoms with Crippen molar-refractivity contribution >= 4 is 29.7 Å². The molecule has 2 aromatic carbocycles. The molecular weight excluding hydrogens is 492 g/mol. The van der Waals surface area contributed by atoms with Crippen molar-refractivity contribution in [2.24, 2.45) is 5.92 Å². The smallest absolute Gasteiger partial charge is 0.296 e. The lowest BCUT2D eigenvalue weighted by molar-refractivity contribution is -0.148. The summed E-state index contributed by atoms with van der Waals surface area (Å²) in [5.74, 6) is 5.41. The summed E-state index contributed by atoms with van der Waals surface area (Å²) in [6.07, 6.45) is 2.91. The Kier molecular flexibility index (Phi) is 8.40. The molecule has 0 saturated carbocycles. The standard InChI is InChI=1S/C29H31ClN2O5/c1-20(2)27(22-7-9-23(30)10-8-22)28(35)32-16-13-29(14-17-32)36-24-11-5-21(19-25(24)37-29)6-12-26(34)31-15-3-4-18-33/h5,7-11,18-20,27H,3-4,13-17H2,1-2H3,(H,31,34)/t27-/m0/s1. The molecule has 1 N–H and O–H groups in total. The van der Waals surface area contributed by atoms with Crippen LogP contribution in [0.4, 0.5) is 0 Å². The second kappa shape index (κ2) is 11.7. The highest BCUT2D eigenvalue weighted by molar-refractivity contribution is 6.30. The van der Waals surface area contributed by atoms with Gasteiger partial charge in [0.05, 0.1) is 5.92 Å². The van der Waals surface area contributed by atoms with Crippen LogP contribution in [0.1, 0.15) is 56.6 Å². The molecule has 0 bridgehead atoms. The number of fused-ring (bicyclic) bond motifs is 1. The number of ether oxygens (including phenoxy) is 2. The quantitative estimate of drug-likeness (QED) is 0.332. The Morgan fingerprint density at radius 3 is 2.49 bits per heavy atom. The van der Waals surface area contributed by atoms with Crippen LogP contribution < -0.4 is 14.8 Å². The van der Waals surface area contributed by atoms with Crippen LogP contribution in [0, 0.1) is 17.8 Å². The van der Waals surface area contributed by atoms with E-state index in [0.29, 0.717) is 67.4 Å². The van der Waals surface area contributed by atoms with E-state index in [2.05, 4.69) is 31.0 Å².